The molecule has 0 unspecified atom stereocenters. The van der Waals surface area contributed by atoms with Crippen LogP contribution in [0.4, 0.5) is 23.1 Å². The first kappa shape index (κ1) is 27.8. The number of pyridine rings is 1. The Hall–Kier alpha value is -3.77. The molecule has 5 rings (SSSR count). The Morgan fingerprint density at radius 1 is 0.875 bits per heavy atom. The van der Waals surface area contributed by atoms with Crippen LogP contribution >= 0.6 is 23.2 Å². The Morgan fingerprint density at radius 2 is 1.65 bits per heavy atom. The number of anilines is 4. The predicted octanol–water partition coefficient (Wildman–Crippen LogP) is 5.01. The van der Waals surface area contributed by atoms with Gasteiger partial charge >= 0.3 is 0 Å². The molecule has 0 aliphatic carbocycles. The van der Waals surface area contributed by atoms with Gasteiger partial charge in [0.2, 0.25) is 0 Å². The fourth-order valence-corrected chi connectivity index (χ4v) is 4.79. The Morgan fingerprint density at radius 3 is 2.35 bits per heavy atom. The van der Waals surface area contributed by atoms with Crippen LogP contribution in [-0.2, 0) is 11.2 Å². The van der Waals surface area contributed by atoms with E-state index in [2.05, 4.69) is 46.5 Å². The van der Waals surface area contributed by atoms with Gasteiger partial charge in [0.05, 0.1) is 44.4 Å². The second-order valence-corrected chi connectivity index (χ2v) is 9.62. The molecule has 4 heterocycles. The van der Waals surface area contributed by atoms with E-state index in [9.17, 15) is 0 Å². The molecule has 0 amide bonds. The summed E-state index contributed by atoms with van der Waals surface area (Å²) in [6, 6.07) is 7.41. The van der Waals surface area contributed by atoms with Crippen LogP contribution in [0.3, 0.4) is 0 Å². The first-order valence-electron chi connectivity index (χ1n) is 12.6. The maximum Gasteiger partial charge on any atom is 0.143 e. The van der Waals surface area contributed by atoms with Gasteiger partial charge in [-0.1, -0.05) is 29.3 Å². The van der Waals surface area contributed by atoms with Crippen molar-refractivity contribution in [1.82, 2.24) is 29.8 Å². The molecule has 1 fully saturated rings. The lowest BCUT2D eigenvalue weighted by Crippen LogP contribution is -2.37. The van der Waals surface area contributed by atoms with Crippen LogP contribution in [0.15, 0.2) is 49.3 Å². The van der Waals surface area contributed by atoms with Crippen LogP contribution in [0.2, 0.25) is 10.0 Å². The van der Waals surface area contributed by atoms with Crippen molar-refractivity contribution in [3.8, 4) is 22.8 Å². The molecule has 0 atom stereocenters. The molecule has 1 aromatic carbocycles. The average Bonchev–Trinajstić information content (AvgIpc) is 3.00. The Bertz CT molecular complexity index is 1420. The lowest BCUT2D eigenvalue weighted by molar-refractivity contribution is 0.0384. The summed E-state index contributed by atoms with van der Waals surface area (Å²) in [6.45, 7) is 4.53. The number of morpholine rings is 1. The van der Waals surface area contributed by atoms with E-state index in [-0.39, 0.29) is 10.0 Å². The molecule has 4 aromatic rings. The van der Waals surface area contributed by atoms with Gasteiger partial charge in [0.15, 0.2) is 0 Å². The Labute approximate surface area is 241 Å². The van der Waals surface area contributed by atoms with E-state index in [0.717, 1.165) is 39.3 Å². The van der Waals surface area contributed by atoms with Crippen LogP contribution < -0.4 is 20.1 Å². The first-order valence-corrected chi connectivity index (χ1v) is 13.3. The number of aromatic nitrogens is 5. The Kier molecular flexibility index (Phi) is 9.07. The number of methoxy groups -OCH3 is 2. The summed E-state index contributed by atoms with van der Waals surface area (Å²) in [4.78, 5) is 24.3. The quantitative estimate of drug-likeness (QED) is 0.262. The third-order valence-electron chi connectivity index (χ3n) is 6.37. The highest BCUT2D eigenvalue weighted by molar-refractivity contribution is 6.41. The molecule has 208 valence electrons. The van der Waals surface area contributed by atoms with Crippen molar-refractivity contribution in [2.75, 3.05) is 57.7 Å². The van der Waals surface area contributed by atoms with E-state index < -0.39 is 0 Å². The number of rotatable bonds is 10. The van der Waals surface area contributed by atoms with Gasteiger partial charge in [-0.15, -0.1) is 0 Å². The van der Waals surface area contributed by atoms with Gasteiger partial charge < -0.3 is 24.8 Å². The zero-order valence-electron chi connectivity index (χ0n) is 22.0. The lowest BCUT2D eigenvalue weighted by Gasteiger charge is -2.26. The summed E-state index contributed by atoms with van der Waals surface area (Å²) in [5, 5.41) is 6.99. The van der Waals surface area contributed by atoms with Crippen LogP contribution in [0, 0.1) is 0 Å². The van der Waals surface area contributed by atoms with E-state index in [1.807, 2.05) is 12.3 Å². The maximum absolute atomic E-state index is 6.56. The predicted molar refractivity (Wildman–Crippen MR) is 154 cm³/mol. The normalized spacial score (nSPS) is 13.6. The van der Waals surface area contributed by atoms with Crippen molar-refractivity contribution in [1.29, 1.82) is 0 Å². The molecule has 2 N–H and O–H groups in total. The molecule has 0 spiro atoms. The smallest absolute Gasteiger partial charge is 0.143 e. The zero-order valence-corrected chi connectivity index (χ0v) is 23.5. The van der Waals surface area contributed by atoms with Crippen molar-refractivity contribution in [3.63, 3.8) is 0 Å². The monoisotopic (exact) mass is 582 g/mol. The molecular formula is C27H28Cl2N8O3. The third kappa shape index (κ3) is 6.50. The molecule has 3 aromatic heterocycles. The molecule has 0 bridgehead atoms. The van der Waals surface area contributed by atoms with Gasteiger partial charge in [0.1, 0.15) is 51.7 Å². The molecule has 13 heteroatoms. The minimum absolute atomic E-state index is 0.280. The maximum atomic E-state index is 6.56. The average molecular weight is 583 g/mol. The van der Waals surface area contributed by atoms with Gasteiger partial charge in [-0.05, 0) is 18.1 Å². The lowest BCUT2D eigenvalue weighted by atomic mass is 10.2. The van der Waals surface area contributed by atoms with Crippen molar-refractivity contribution in [2.45, 2.75) is 6.42 Å². The van der Waals surface area contributed by atoms with Gasteiger partial charge in [0, 0.05) is 44.2 Å². The molecule has 40 heavy (non-hydrogen) atoms. The fraction of sp³-hybridized carbons (Fsp3) is 0.296. The summed E-state index contributed by atoms with van der Waals surface area (Å²) < 4.78 is 16.2. The summed E-state index contributed by atoms with van der Waals surface area (Å²) in [7, 11) is 3.02. The molecule has 1 aliphatic heterocycles. The number of ether oxygens (including phenoxy) is 3. The van der Waals surface area contributed by atoms with Gasteiger partial charge in [-0.25, -0.2) is 24.9 Å². The molecule has 0 saturated carbocycles. The van der Waals surface area contributed by atoms with E-state index in [0.29, 0.717) is 45.9 Å². The highest BCUT2D eigenvalue weighted by Gasteiger charge is 2.20. The van der Waals surface area contributed by atoms with Crippen LogP contribution in [-0.4, -0.2) is 76.9 Å². The van der Waals surface area contributed by atoms with E-state index in [1.165, 1.54) is 32.4 Å². The number of hydrogen-bond donors (Lipinski definition) is 2. The van der Waals surface area contributed by atoms with E-state index in [4.69, 9.17) is 37.4 Å². The summed E-state index contributed by atoms with van der Waals surface area (Å²) >= 11 is 13.1. The van der Waals surface area contributed by atoms with E-state index >= 15 is 0 Å². The topological polar surface area (TPSA) is 119 Å². The SMILES string of the molecule is COc1cc(OC)c(Cl)c(Nc2ncncc2-c2cc(Nc3ccc(CCN4CCOCC4)cn3)ncn2)c1Cl. The highest BCUT2D eigenvalue weighted by atomic mass is 35.5. The fourth-order valence-electron chi connectivity index (χ4n) is 4.19. The number of nitrogens with one attached hydrogen (secondary N) is 2. The minimum Gasteiger partial charge on any atom is -0.495 e. The minimum atomic E-state index is 0.280. The molecule has 0 radical (unpaired) electrons. The Balaban J connectivity index is 1.33. The van der Waals surface area contributed by atoms with Crippen LogP contribution in [0.25, 0.3) is 11.3 Å². The molecule has 1 aliphatic rings. The standard InChI is InChI=1S/C27H28Cl2N8O3/c1-38-20-12-21(39-2)25(29)26(24(20)28)36-27-18(14-30-15-34-27)19-11-23(33-16-32-19)35-22-4-3-17(13-31-22)5-6-37-7-9-40-10-8-37/h3-4,11-16H,5-10H2,1-2H3,(H,30,34,36)(H,31,32,33,35). The number of hydrogen-bond acceptors (Lipinski definition) is 11. The van der Waals surface area contributed by atoms with Crippen molar-refractivity contribution >= 4 is 46.3 Å². The van der Waals surface area contributed by atoms with E-state index in [1.54, 1.807) is 18.3 Å². The second-order valence-electron chi connectivity index (χ2n) is 8.86. The first-order chi connectivity index (χ1) is 19.6. The van der Waals surface area contributed by atoms with Crippen LogP contribution in [0.1, 0.15) is 5.56 Å². The summed E-state index contributed by atoms with van der Waals surface area (Å²) in [6.07, 6.45) is 7.33. The molecule has 11 nitrogen and oxygen atoms in total. The van der Waals surface area contributed by atoms with Crippen LogP contribution in [0.5, 0.6) is 11.5 Å². The molecule has 1 saturated heterocycles. The van der Waals surface area contributed by atoms with Crippen molar-refractivity contribution in [3.05, 3.63) is 64.9 Å². The zero-order chi connectivity index (χ0) is 27.9. The number of nitrogens with zero attached hydrogens (tertiary/aromatic N) is 6. The largest absolute Gasteiger partial charge is 0.495 e. The summed E-state index contributed by atoms with van der Waals surface area (Å²) in [5.74, 6) is 2.46. The van der Waals surface area contributed by atoms with Gasteiger partial charge in [-0.2, -0.15) is 0 Å². The molecular weight excluding hydrogens is 555 g/mol. The van der Waals surface area contributed by atoms with Gasteiger partial charge in [0.25, 0.3) is 0 Å². The third-order valence-corrected chi connectivity index (χ3v) is 7.12. The van der Waals surface area contributed by atoms with Crippen molar-refractivity contribution < 1.29 is 14.2 Å². The highest BCUT2D eigenvalue weighted by Crippen LogP contribution is 2.45. The number of halogens is 2. The van der Waals surface area contributed by atoms with Gasteiger partial charge in [-0.3, -0.25) is 4.90 Å². The number of benzene rings is 1. The van der Waals surface area contributed by atoms with Crippen molar-refractivity contribution in [2.24, 2.45) is 0 Å². The summed E-state index contributed by atoms with van der Waals surface area (Å²) in [5.41, 5.74) is 2.73. The second kappa shape index (κ2) is 13.1.